The molecule has 0 saturated carbocycles. The Bertz CT molecular complexity index is 1010. The first-order valence-corrected chi connectivity index (χ1v) is 10.8. The van der Waals surface area contributed by atoms with Gasteiger partial charge < -0.3 is 19.9 Å². The number of hydrogen-bond donors (Lipinski definition) is 2. The van der Waals surface area contributed by atoms with Crippen LogP contribution in [0.4, 0.5) is 4.79 Å². The van der Waals surface area contributed by atoms with Gasteiger partial charge in [-0.3, -0.25) is 9.69 Å². The van der Waals surface area contributed by atoms with E-state index in [2.05, 4.69) is 5.32 Å². The smallest absolute Gasteiger partial charge is 0.411 e. The van der Waals surface area contributed by atoms with Crippen molar-refractivity contribution in [3.8, 4) is 5.75 Å². The van der Waals surface area contributed by atoms with E-state index in [1.807, 2.05) is 24.3 Å². The number of carboxylic acid groups (broad SMARTS) is 1. The Morgan fingerprint density at radius 2 is 1.73 bits per heavy atom. The Labute approximate surface area is 193 Å². The topological polar surface area (TPSA) is 105 Å². The fourth-order valence-electron chi connectivity index (χ4n) is 3.73. The zero-order valence-electron chi connectivity index (χ0n) is 19.3. The molecule has 0 fully saturated rings. The number of carboxylic acids is 1. The van der Waals surface area contributed by atoms with Crippen molar-refractivity contribution in [1.82, 2.24) is 10.2 Å². The van der Waals surface area contributed by atoms with Crippen LogP contribution >= 0.6 is 0 Å². The minimum atomic E-state index is -1.15. The zero-order chi connectivity index (χ0) is 24.2. The van der Waals surface area contributed by atoms with Gasteiger partial charge in [0.2, 0.25) is 5.91 Å². The number of rotatable bonds is 6. The van der Waals surface area contributed by atoms with Crippen molar-refractivity contribution in [2.24, 2.45) is 0 Å². The molecule has 33 heavy (non-hydrogen) atoms. The van der Waals surface area contributed by atoms with E-state index >= 15 is 0 Å². The van der Waals surface area contributed by atoms with Gasteiger partial charge in [-0.2, -0.15) is 0 Å². The number of ether oxygens (including phenoxy) is 2. The molecule has 2 amide bonds. The molecule has 0 saturated heterocycles. The number of fused-ring (bicyclic) bond motifs is 1. The van der Waals surface area contributed by atoms with Gasteiger partial charge in [-0.15, -0.1) is 0 Å². The first-order valence-electron chi connectivity index (χ1n) is 10.8. The first kappa shape index (κ1) is 24.1. The number of benzene rings is 2. The summed E-state index contributed by atoms with van der Waals surface area (Å²) in [5.41, 5.74) is 1.88. The third-order valence-corrected chi connectivity index (χ3v) is 5.39. The number of nitrogens with one attached hydrogen (secondary N) is 1. The molecule has 1 heterocycles. The summed E-state index contributed by atoms with van der Waals surface area (Å²) in [6, 6.07) is 12.5. The second kappa shape index (κ2) is 9.94. The van der Waals surface area contributed by atoms with Gasteiger partial charge in [0, 0.05) is 12.8 Å². The molecule has 2 aromatic carbocycles. The molecule has 176 valence electrons. The SMILES string of the molecule is COc1ccc(C[C@@H](NC(=O)C2Cc3ccccc3CN2C(=O)OC(C)(C)C)C(=O)O)cc1. The second-order valence-electron chi connectivity index (χ2n) is 9.05. The summed E-state index contributed by atoms with van der Waals surface area (Å²) < 4.78 is 10.6. The van der Waals surface area contributed by atoms with Gasteiger partial charge in [0.15, 0.2) is 0 Å². The van der Waals surface area contributed by atoms with Crippen LogP contribution in [0.1, 0.15) is 37.5 Å². The number of carbonyl (C=O) groups is 3. The molecule has 2 aromatic rings. The first-order chi connectivity index (χ1) is 15.6. The molecule has 0 radical (unpaired) electrons. The van der Waals surface area contributed by atoms with Crippen LogP contribution in [0.25, 0.3) is 0 Å². The van der Waals surface area contributed by atoms with Gasteiger partial charge in [-0.25, -0.2) is 9.59 Å². The van der Waals surface area contributed by atoms with Crippen molar-refractivity contribution < 1.29 is 29.0 Å². The highest BCUT2D eigenvalue weighted by atomic mass is 16.6. The number of hydrogen-bond acceptors (Lipinski definition) is 5. The summed E-state index contributed by atoms with van der Waals surface area (Å²) >= 11 is 0. The molecule has 2 atom stereocenters. The third-order valence-electron chi connectivity index (χ3n) is 5.39. The average Bonchev–Trinajstić information content (AvgIpc) is 2.76. The summed E-state index contributed by atoms with van der Waals surface area (Å²) in [5.74, 6) is -1.03. The van der Waals surface area contributed by atoms with Crippen molar-refractivity contribution in [3.05, 3.63) is 65.2 Å². The molecule has 1 aliphatic heterocycles. The van der Waals surface area contributed by atoms with E-state index in [1.165, 1.54) is 4.90 Å². The average molecular weight is 455 g/mol. The van der Waals surface area contributed by atoms with Crippen LogP contribution in [-0.4, -0.2) is 52.8 Å². The largest absolute Gasteiger partial charge is 0.497 e. The Morgan fingerprint density at radius 1 is 1.09 bits per heavy atom. The van der Waals surface area contributed by atoms with Gasteiger partial charge in [-0.1, -0.05) is 36.4 Å². The number of methoxy groups -OCH3 is 1. The summed E-state index contributed by atoms with van der Waals surface area (Å²) in [5, 5.41) is 12.3. The lowest BCUT2D eigenvalue weighted by atomic mass is 9.93. The van der Waals surface area contributed by atoms with E-state index in [-0.39, 0.29) is 19.4 Å². The van der Waals surface area contributed by atoms with Crippen molar-refractivity contribution in [2.45, 2.75) is 57.8 Å². The normalized spacial score (nSPS) is 16.4. The van der Waals surface area contributed by atoms with Crippen LogP contribution in [0, 0.1) is 0 Å². The van der Waals surface area contributed by atoms with Crippen LogP contribution in [0.15, 0.2) is 48.5 Å². The van der Waals surface area contributed by atoms with Gasteiger partial charge in [0.05, 0.1) is 13.7 Å². The minimum absolute atomic E-state index is 0.0980. The second-order valence-corrected chi connectivity index (χ2v) is 9.05. The Morgan fingerprint density at radius 3 is 2.30 bits per heavy atom. The monoisotopic (exact) mass is 454 g/mol. The van der Waals surface area contributed by atoms with Gasteiger partial charge >= 0.3 is 12.1 Å². The van der Waals surface area contributed by atoms with Crippen molar-refractivity contribution in [3.63, 3.8) is 0 Å². The summed E-state index contributed by atoms with van der Waals surface area (Å²) in [4.78, 5) is 39.4. The van der Waals surface area contributed by atoms with E-state index in [0.29, 0.717) is 5.75 Å². The molecule has 0 spiro atoms. The van der Waals surface area contributed by atoms with Crippen LogP contribution < -0.4 is 10.1 Å². The molecule has 0 aromatic heterocycles. The lowest BCUT2D eigenvalue weighted by Gasteiger charge is -2.37. The molecule has 1 aliphatic rings. The maximum atomic E-state index is 13.2. The summed E-state index contributed by atoms with van der Waals surface area (Å²) in [6.07, 6.45) is -0.240. The Balaban J connectivity index is 1.80. The molecule has 8 nitrogen and oxygen atoms in total. The maximum Gasteiger partial charge on any atom is 0.411 e. The van der Waals surface area contributed by atoms with E-state index in [9.17, 15) is 19.5 Å². The number of carbonyl (C=O) groups excluding carboxylic acids is 2. The minimum Gasteiger partial charge on any atom is -0.497 e. The third kappa shape index (κ3) is 6.25. The van der Waals surface area contributed by atoms with E-state index in [0.717, 1.165) is 16.7 Å². The fraction of sp³-hybridized carbons (Fsp3) is 0.400. The van der Waals surface area contributed by atoms with Crippen LogP contribution in [0.5, 0.6) is 5.75 Å². The van der Waals surface area contributed by atoms with Crippen molar-refractivity contribution in [2.75, 3.05) is 7.11 Å². The van der Waals surface area contributed by atoms with Crippen LogP contribution in [0.2, 0.25) is 0 Å². The summed E-state index contributed by atoms with van der Waals surface area (Å²) in [6.45, 7) is 5.48. The number of aliphatic carboxylic acids is 1. The van der Waals surface area contributed by atoms with Gasteiger partial charge in [-0.05, 0) is 49.6 Å². The maximum absolute atomic E-state index is 13.2. The highest BCUT2D eigenvalue weighted by Gasteiger charge is 2.38. The van der Waals surface area contributed by atoms with Crippen LogP contribution in [-0.2, 0) is 33.7 Å². The van der Waals surface area contributed by atoms with E-state index < -0.39 is 35.7 Å². The molecule has 8 heteroatoms. The quantitative estimate of drug-likeness (QED) is 0.695. The lowest BCUT2D eigenvalue weighted by Crippen LogP contribution is -2.56. The van der Waals surface area contributed by atoms with E-state index in [1.54, 1.807) is 52.1 Å². The fourth-order valence-corrected chi connectivity index (χ4v) is 3.73. The molecule has 0 bridgehead atoms. The number of amides is 2. The van der Waals surface area contributed by atoms with Gasteiger partial charge in [0.1, 0.15) is 23.4 Å². The standard InChI is InChI=1S/C25H30N2O6/c1-25(2,3)33-24(31)27-15-18-8-6-5-7-17(18)14-21(27)22(28)26-20(23(29)30)13-16-9-11-19(32-4)12-10-16/h5-12,20-21H,13-15H2,1-4H3,(H,26,28)(H,29,30)/t20-,21?/m1/s1. The van der Waals surface area contributed by atoms with Crippen molar-refractivity contribution >= 4 is 18.0 Å². The molecule has 2 N–H and O–H groups in total. The molecular weight excluding hydrogens is 424 g/mol. The molecule has 1 unspecified atom stereocenters. The Kier molecular flexibility index (Phi) is 7.26. The molecule has 0 aliphatic carbocycles. The number of nitrogens with zero attached hydrogens (tertiary/aromatic N) is 1. The zero-order valence-corrected chi connectivity index (χ0v) is 19.3. The summed E-state index contributed by atoms with van der Waals surface area (Å²) in [7, 11) is 1.55. The Hall–Kier alpha value is -3.55. The van der Waals surface area contributed by atoms with Crippen LogP contribution in [0.3, 0.4) is 0 Å². The highest BCUT2D eigenvalue weighted by Crippen LogP contribution is 2.26. The van der Waals surface area contributed by atoms with E-state index in [4.69, 9.17) is 9.47 Å². The molecule has 3 rings (SSSR count). The highest BCUT2D eigenvalue weighted by molar-refractivity contribution is 5.90. The van der Waals surface area contributed by atoms with Gasteiger partial charge in [0.25, 0.3) is 0 Å². The molecular formula is C25H30N2O6. The predicted octanol–water partition coefficient (Wildman–Crippen LogP) is 3.17. The predicted molar refractivity (Wildman–Crippen MR) is 122 cm³/mol. The lowest BCUT2D eigenvalue weighted by molar-refractivity contribution is -0.142. The van der Waals surface area contributed by atoms with Crippen molar-refractivity contribution in [1.29, 1.82) is 0 Å².